The Morgan fingerprint density at radius 3 is 2.69 bits per heavy atom. The van der Waals surface area contributed by atoms with Gasteiger partial charge in [-0.3, -0.25) is 0 Å². The fraction of sp³-hybridized carbons (Fsp3) is 0.200. The van der Waals surface area contributed by atoms with E-state index in [9.17, 15) is 0 Å². The van der Waals surface area contributed by atoms with Crippen LogP contribution < -0.4 is 0 Å². The monoisotopic (exact) mass is 177 g/mol. The number of furan rings is 1. The highest BCUT2D eigenvalue weighted by atomic mass is 16.3. The van der Waals surface area contributed by atoms with Gasteiger partial charge in [-0.2, -0.15) is 0 Å². The molecule has 0 saturated carbocycles. The van der Waals surface area contributed by atoms with Crippen molar-refractivity contribution in [1.82, 2.24) is 4.98 Å². The van der Waals surface area contributed by atoms with Gasteiger partial charge in [-0.05, 0) is 24.3 Å². The number of H-pyrrole nitrogens is 1. The van der Waals surface area contributed by atoms with Gasteiger partial charge in [-0.25, -0.2) is 0 Å². The highest BCUT2D eigenvalue weighted by Crippen LogP contribution is 2.09. The van der Waals surface area contributed by atoms with Gasteiger partial charge in [0.25, 0.3) is 0 Å². The van der Waals surface area contributed by atoms with Crippen molar-refractivity contribution in [2.24, 2.45) is 0 Å². The zero-order valence-electron chi connectivity index (χ0n) is 7.16. The van der Waals surface area contributed by atoms with Gasteiger partial charge in [0.05, 0.1) is 12.9 Å². The molecular formula is C10H11NO2. The maximum atomic E-state index is 8.82. The summed E-state index contributed by atoms with van der Waals surface area (Å²) in [5.74, 6) is 0.923. The SMILES string of the molecule is OCc1ccc(Cc2ccco2)[nH]1. The second kappa shape index (κ2) is 3.49. The molecule has 2 aromatic rings. The Labute approximate surface area is 76.0 Å². The van der Waals surface area contributed by atoms with Gasteiger partial charge in [0, 0.05) is 17.8 Å². The molecular weight excluding hydrogens is 166 g/mol. The van der Waals surface area contributed by atoms with Crippen LogP contribution in [-0.2, 0) is 13.0 Å². The van der Waals surface area contributed by atoms with Crippen molar-refractivity contribution in [3.05, 3.63) is 47.7 Å². The van der Waals surface area contributed by atoms with Crippen LogP contribution in [0.2, 0.25) is 0 Å². The van der Waals surface area contributed by atoms with Gasteiger partial charge < -0.3 is 14.5 Å². The molecule has 2 N–H and O–H groups in total. The maximum Gasteiger partial charge on any atom is 0.109 e. The number of aromatic amines is 1. The molecule has 0 radical (unpaired) electrons. The second-order valence-electron chi connectivity index (χ2n) is 2.92. The quantitative estimate of drug-likeness (QED) is 0.749. The number of hydrogen-bond donors (Lipinski definition) is 2. The average Bonchev–Trinajstić information content (AvgIpc) is 2.76. The fourth-order valence-electron chi connectivity index (χ4n) is 1.29. The summed E-state index contributed by atoms with van der Waals surface area (Å²) in [4.78, 5) is 3.09. The van der Waals surface area contributed by atoms with E-state index in [0.717, 1.165) is 23.6 Å². The first kappa shape index (κ1) is 8.13. The largest absolute Gasteiger partial charge is 0.469 e. The van der Waals surface area contributed by atoms with E-state index in [0.29, 0.717) is 0 Å². The van der Waals surface area contributed by atoms with Crippen molar-refractivity contribution in [2.75, 3.05) is 0 Å². The van der Waals surface area contributed by atoms with E-state index in [1.807, 2.05) is 24.3 Å². The normalized spacial score (nSPS) is 10.5. The molecule has 0 amide bonds. The van der Waals surface area contributed by atoms with E-state index in [4.69, 9.17) is 9.52 Å². The van der Waals surface area contributed by atoms with E-state index in [2.05, 4.69) is 4.98 Å². The fourth-order valence-corrected chi connectivity index (χ4v) is 1.29. The molecule has 0 unspecified atom stereocenters. The lowest BCUT2D eigenvalue weighted by Crippen LogP contribution is -1.87. The molecule has 0 atom stereocenters. The lowest BCUT2D eigenvalue weighted by molar-refractivity contribution is 0.277. The van der Waals surface area contributed by atoms with Gasteiger partial charge in [0.15, 0.2) is 0 Å². The predicted octanol–water partition coefficient (Wildman–Crippen LogP) is 1.69. The third-order valence-electron chi connectivity index (χ3n) is 1.92. The molecule has 3 heteroatoms. The second-order valence-corrected chi connectivity index (χ2v) is 2.92. The van der Waals surface area contributed by atoms with Crippen LogP contribution in [0.4, 0.5) is 0 Å². The van der Waals surface area contributed by atoms with Crippen molar-refractivity contribution in [3.63, 3.8) is 0 Å². The topological polar surface area (TPSA) is 49.2 Å². The molecule has 0 aliphatic carbocycles. The number of aliphatic hydroxyl groups is 1. The van der Waals surface area contributed by atoms with Gasteiger partial charge in [-0.15, -0.1) is 0 Å². The minimum absolute atomic E-state index is 0.0537. The summed E-state index contributed by atoms with van der Waals surface area (Å²) in [6.45, 7) is 0.0537. The molecule has 0 aliphatic heterocycles. The molecule has 2 rings (SSSR count). The van der Waals surface area contributed by atoms with Crippen molar-refractivity contribution >= 4 is 0 Å². The van der Waals surface area contributed by atoms with Crippen LogP contribution in [0.25, 0.3) is 0 Å². The van der Waals surface area contributed by atoms with Gasteiger partial charge in [0.1, 0.15) is 5.76 Å². The summed E-state index contributed by atoms with van der Waals surface area (Å²) >= 11 is 0. The van der Waals surface area contributed by atoms with Crippen LogP contribution in [-0.4, -0.2) is 10.1 Å². The van der Waals surface area contributed by atoms with Crippen molar-refractivity contribution in [2.45, 2.75) is 13.0 Å². The number of rotatable bonds is 3. The van der Waals surface area contributed by atoms with Crippen molar-refractivity contribution in [3.8, 4) is 0 Å². The molecule has 2 heterocycles. The molecule has 3 nitrogen and oxygen atoms in total. The van der Waals surface area contributed by atoms with Gasteiger partial charge in [0.2, 0.25) is 0 Å². The van der Waals surface area contributed by atoms with Crippen molar-refractivity contribution < 1.29 is 9.52 Å². The van der Waals surface area contributed by atoms with Crippen LogP contribution in [0.15, 0.2) is 34.9 Å². The van der Waals surface area contributed by atoms with Crippen LogP contribution in [0, 0.1) is 0 Å². The molecule has 0 aromatic carbocycles. The summed E-state index contributed by atoms with van der Waals surface area (Å²) in [6, 6.07) is 7.62. The lowest BCUT2D eigenvalue weighted by Gasteiger charge is -1.93. The molecule has 0 saturated heterocycles. The Bertz CT molecular complexity index is 362. The average molecular weight is 177 g/mol. The first-order chi connectivity index (χ1) is 6.38. The summed E-state index contributed by atoms with van der Waals surface area (Å²) in [7, 11) is 0. The van der Waals surface area contributed by atoms with Crippen molar-refractivity contribution in [1.29, 1.82) is 0 Å². The summed E-state index contributed by atoms with van der Waals surface area (Å²) in [5, 5.41) is 8.82. The maximum absolute atomic E-state index is 8.82. The Balaban J connectivity index is 2.10. The third-order valence-corrected chi connectivity index (χ3v) is 1.92. The molecule has 2 aromatic heterocycles. The standard InChI is InChI=1S/C10H11NO2/c12-7-9-4-3-8(11-9)6-10-2-1-5-13-10/h1-5,11-12H,6-7H2. The number of nitrogens with one attached hydrogen (secondary N) is 1. The molecule has 13 heavy (non-hydrogen) atoms. The summed E-state index contributed by atoms with van der Waals surface area (Å²) in [6.07, 6.45) is 2.40. The molecule has 0 aliphatic rings. The predicted molar refractivity (Wildman–Crippen MR) is 48.2 cm³/mol. The Morgan fingerprint density at radius 1 is 1.23 bits per heavy atom. The molecule has 0 spiro atoms. The minimum atomic E-state index is 0.0537. The smallest absolute Gasteiger partial charge is 0.109 e. The minimum Gasteiger partial charge on any atom is -0.469 e. The lowest BCUT2D eigenvalue weighted by atomic mass is 10.2. The Morgan fingerprint density at radius 2 is 2.08 bits per heavy atom. The number of aliphatic hydroxyl groups excluding tert-OH is 1. The summed E-state index contributed by atoms with van der Waals surface area (Å²) in [5.41, 5.74) is 1.89. The third kappa shape index (κ3) is 1.81. The number of hydrogen-bond acceptors (Lipinski definition) is 2. The zero-order valence-corrected chi connectivity index (χ0v) is 7.16. The zero-order chi connectivity index (χ0) is 9.10. The Kier molecular flexibility index (Phi) is 2.19. The van der Waals surface area contributed by atoms with Crippen LogP contribution in [0.1, 0.15) is 17.1 Å². The summed E-state index contributed by atoms with van der Waals surface area (Å²) < 4.78 is 5.20. The van der Waals surface area contributed by atoms with Gasteiger partial charge in [-0.1, -0.05) is 0 Å². The van der Waals surface area contributed by atoms with Crippen LogP contribution in [0.5, 0.6) is 0 Å². The first-order valence-corrected chi connectivity index (χ1v) is 4.18. The Hall–Kier alpha value is -1.48. The highest BCUT2D eigenvalue weighted by molar-refractivity contribution is 5.17. The molecule has 0 bridgehead atoms. The number of aromatic nitrogens is 1. The molecule has 68 valence electrons. The van der Waals surface area contributed by atoms with Crippen LogP contribution >= 0.6 is 0 Å². The van der Waals surface area contributed by atoms with Gasteiger partial charge >= 0.3 is 0 Å². The van der Waals surface area contributed by atoms with E-state index in [1.165, 1.54) is 0 Å². The highest BCUT2D eigenvalue weighted by Gasteiger charge is 2.00. The van der Waals surface area contributed by atoms with E-state index >= 15 is 0 Å². The van der Waals surface area contributed by atoms with E-state index in [1.54, 1.807) is 6.26 Å². The van der Waals surface area contributed by atoms with E-state index < -0.39 is 0 Å². The molecule has 0 fully saturated rings. The first-order valence-electron chi connectivity index (χ1n) is 4.18. The van der Waals surface area contributed by atoms with E-state index in [-0.39, 0.29) is 6.61 Å². The van der Waals surface area contributed by atoms with Crippen LogP contribution in [0.3, 0.4) is 0 Å².